The number of aryl methyl sites for hydroxylation is 1. The van der Waals surface area contributed by atoms with Crippen LogP contribution in [0.1, 0.15) is 52.3 Å². The maximum absolute atomic E-state index is 14.8. The number of piperidine rings is 1. The van der Waals surface area contributed by atoms with Gasteiger partial charge in [0.15, 0.2) is 0 Å². The summed E-state index contributed by atoms with van der Waals surface area (Å²) in [6, 6.07) is 23.9. The van der Waals surface area contributed by atoms with E-state index in [4.69, 9.17) is 9.72 Å². The molecule has 2 heterocycles. The minimum Gasteiger partial charge on any atom is -0.489 e. The van der Waals surface area contributed by atoms with Gasteiger partial charge in [-0.15, -0.1) is 0 Å². The van der Waals surface area contributed by atoms with Gasteiger partial charge >= 0.3 is 5.97 Å². The molecular weight excluding hydrogens is 539 g/mol. The Labute approximate surface area is 250 Å². The van der Waals surface area contributed by atoms with Crippen LogP contribution in [0.4, 0.5) is 10.2 Å². The van der Waals surface area contributed by atoms with Gasteiger partial charge in [0.05, 0.1) is 5.92 Å². The van der Waals surface area contributed by atoms with E-state index in [1.54, 1.807) is 6.07 Å². The van der Waals surface area contributed by atoms with Crippen LogP contribution in [0.5, 0.6) is 5.75 Å². The van der Waals surface area contributed by atoms with Crippen LogP contribution in [0.3, 0.4) is 0 Å². The third-order valence-corrected chi connectivity index (χ3v) is 10.3. The minimum absolute atomic E-state index is 0.112. The van der Waals surface area contributed by atoms with Gasteiger partial charge in [-0.3, -0.25) is 4.79 Å². The molecule has 43 heavy (non-hydrogen) atoms. The largest absolute Gasteiger partial charge is 0.489 e. The monoisotopic (exact) mass is 572 g/mol. The van der Waals surface area contributed by atoms with Crippen LogP contribution < -0.4 is 9.64 Å². The first kappa shape index (κ1) is 26.2. The molecule has 1 N–H and O–H groups in total. The Kier molecular flexibility index (Phi) is 5.97. The number of hydrogen-bond acceptors (Lipinski definition) is 4. The lowest BCUT2D eigenvalue weighted by Crippen LogP contribution is -2.41. The molecular formula is C37H33FN2O3. The summed E-state index contributed by atoms with van der Waals surface area (Å²) in [5.74, 6) is 0.746. The van der Waals surface area contributed by atoms with Gasteiger partial charge in [-0.1, -0.05) is 48.6 Å². The number of hydrogen-bond donors (Lipinski definition) is 1. The van der Waals surface area contributed by atoms with Crippen molar-refractivity contribution in [1.29, 1.82) is 0 Å². The van der Waals surface area contributed by atoms with E-state index in [-0.39, 0.29) is 35.6 Å². The van der Waals surface area contributed by atoms with E-state index >= 15 is 0 Å². The number of ether oxygens (including phenoxy) is 1. The highest BCUT2D eigenvalue weighted by Crippen LogP contribution is 2.61. The van der Waals surface area contributed by atoms with Gasteiger partial charge in [-0.25, -0.2) is 9.37 Å². The molecule has 1 saturated heterocycles. The van der Waals surface area contributed by atoms with Gasteiger partial charge in [0.2, 0.25) is 0 Å². The molecule has 3 aromatic carbocycles. The van der Waals surface area contributed by atoms with Gasteiger partial charge in [0.25, 0.3) is 0 Å². The number of fused-ring (bicyclic) bond motifs is 5. The fourth-order valence-corrected chi connectivity index (χ4v) is 7.87. The van der Waals surface area contributed by atoms with Gasteiger partial charge in [0.1, 0.15) is 24.0 Å². The number of pyridine rings is 1. The van der Waals surface area contributed by atoms with E-state index in [1.807, 2.05) is 31.2 Å². The molecule has 0 unspecified atom stereocenters. The van der Waals surface area contributed by atoms with E-state index < -0.39 is 5.97 Å². The Morgan fingerprint density at radius 1 is 1.07 bits per heavy atom. The molecule has 1 aliphatic heterocycles. The third kappa shape index (κ3) is 4.34. The zero-order valence-corrected chi connectivity index (χ0v) is 24.1. The molecule has 4 aliphatic rings. The summed E-state index contributed by atoms with van der Waals surface area (Å²) in [5.41, 5.74) is 8.50. The molecule has 4 aromatic rings. The van der Waals surface area contributed by atoms with Crippen molar-refractivity contribution in [2.45, 2.75) is 44.1 Å². The summed E-state index contributed by atoms with van der Waals surface area (Å²) in [7, 11) is 0. The number of halogens is 1. The molecule has 0 bridgehead atoms. The van der Waals surface area contributed by atoms with Crippen LogP contribution in [0.25, 0.3) is 17.2 Å². The maximum atomic E-state index is 14.8. The van der Waals surface area contributed by atoms with Crippen molar-refractivity contribution in [3.05, 3.63) is 118 Å². The molecule has 0 radical (unpaired) electrons. The van der Waals surface area contributed by atoms with Gasteiger partial charge in [-0.05, 0) is 96.3 Å². The number of benzene rings is 3. The molecule has 2 fully saturated rings. The number of carbonyl (C=O) groups is 1. The summed E-state index contributed by atoms with van der Waals surface area (Å²) >= 11 is 0. The number of carboxylic acid groups (broad SMARTS) is 1. The molecule has 3 aliphatic carbocycles. The topological polar surface area (TPSA) is 62.7 Å². The number of rotatable bonds is 6. The summed E-state index contributed by atoms with van der Waals surface area (Å²) in [6.45, 7) is 4.03. The van der Waals surface area contributed by atoms with Crippen molar-refractivity contribution in [1.82, 2.24) is 4.98 Å². The van der Waals surface area contributed by atoms with Gasteiger partial charge in [-0.2, -0.15) is 0 Å². The molecule has 8 rings (SSSR count). The van der Waals surface area contributed by atoms with Crippen LogP contribution in [-0.2, 0) is 23.2 Å². The minimum atomic E-state index is -0.704. The van der Waals surface area contributed by atoms with Gasteiger partial charge in [0, 0.05) is 41.2 Å². The SMILES string of the molecule is Cc1nc(N2CCC3(C=Cc4ccccc43)CC2)ccc1-c1ccc(F)c(COc2ccc3c(c2)C[C@H]2[C@H](C(=O)O)[C@@H]32)c1. The smallest absolute Gasteiger partial charge is 0.307 e. The Balaban J connectivity index is 0.949. The Morgan fingerprint density at radius 2 is 1.91 bits per heavy atom. The van der Waals surface area contributed by atoms with E-state index in [0.717, 1.165) is 66.1 Å². The lowest BCUT2D eigenvalue weighted by molar-refractivity contribution is -0.139. The molecule has 0 amide bonds. The number of nitrogens with zero attached hydrogens (tertiary/aromatic N) is 2. The maximum Gasteiger partial charge on any atom is 0.307 e. The molecule has 1 aromatic heterocycles. The second-order valence-corrected chi connectivity index (χ2v) is 12.6. The fraction of sp³-hybridized carbons (Fsp3) is 0.297. The predicted molar refractivity (Wildman–Crippen MR) is 165 cm³/mol. The van der Waals surface area contributed by atoms with E-state index in [2.05, 4.69) is 53.5 Å². The second kappa shape index (κ2) is 9.80. The van der Waals surface area contributed by atoms with E-state index in [0.29, 0.717) is 11.3 Å². The van der Waals surface area contributed by atoms with Crippen molar-refractivity contribution < 1.29 is 19.0 Å². The van der Waals surface area contributed by atoms with Crippen molar-refractivity contribution in [3.8, 4) is 16.9 Å². The molecule has 6 heteroatoms. The highest BCUT2D eigenvalue weighted by atomic mass is 19.1. The normalized spacial score (nSPS) is 22.3. The summed E-state index contributed by atoms with van der Waals surface area (Å²) in [6.07, 6.45) is 7.58. The lowest BCUT2D eigenvalue weighted by Gasteiger charge is -2.40. The van der Waals surface area contributed by atoms with Crippen LogP contribution in [0, 0.1) is 24.6 Å². The Morgan fingerprint density at radius 3 is 2.72 bits per heavy atom. The first-order chi connectivity index (χ1) is 20.9. The summed E-state index contributed by atoms with van der Waals surface area (Å²) in [5, 5.41) is 9.37. The number of anilines is 1. The Bertz CT molecular complexity index is 1810. The molecule has 1 spiro atoms. The Hall–Kier alpha value is -4.45. The van der Waals surface area contributed by atoms with E-state index in [9.17, 15) is 14.3 Å². The summed E-state index contributed by atoms with van der Waals surface area (Å²) < 4.78 is 20.9. The van der Waals surface area contributed by atoms with Crippen molar-refractivity contribution in [3.63, 3.8) is 0 Å². The van der Waals surface area contributed by atoms with Crippen LogP contribution in [0.2, 0.25) is 0 Å². The highest BCUT2D eigenvalue weighted by molar-refractivity contribution is 5.78. The lowest BCUT2D eigenvalue weighted by atomic mass is 9.74. The average Bonchev–Trinajstić information content (AvgIpc) is 3.45. The first-order valence-electron chi connectivity index (χ1n) is 15.2. The molecule has 216 valence electrons. The van der Waals surface area contributed by atoms with Crippen molar-refractivity contribution >= 4 is 17.9 Å². The van der Waals surface area contributed by atoms with Crippen LogP contribution in [0.15, 0.2) is 78.9 Å². The standard InChI is InChI=1S/C37H33FN2O3/c1-22-28(9-11-33(39-22)40-16-14-37(15-17-40)13-12-23-4-2-3-5-31(23)37)24-6-10-32(38)26(18-24)21-43-27-7-8-29-25(19-27)20-30-34(29)35(30)36(41)42/h2-13,18-19,30,34-35H,14-17,20-21H2,1H3,(H,41,42)/t30-,34+,35+/m1/s1. The first-order valence-corrected chi connectivity index (χ1v) is 15.2. The third-order valence-electron chi connectivity index (χ3n) is 10.3. The quantitative estimate of drug-likeness (QED) is 0.263. The van der Waals surface area contributed by atoms with E-state index in [1.165, 1.54) is 17.2 Å². The van der Waals surface area contributed by atoms with Crippen molar-refractivity contribution in [2.75, 3.05) is 18.0 Å². The molecule has 3 atom stereocenters. The van der Waals surface area contributed by atoms with Crippen LogP contribution >= 0.6 is 0 Å². The summed E-state index contributed by atoms with van der Waals surface area (Å²) in [4.78, 5) is 18.8. The highest BCUT2D eigenvalue weighted by Gasteiger charge is 2.59. The molecule has 1 saturated carbocycles. The van der Waals surface area contributed by atoms with Crippen molar-refractivity contribution in [2.24, 2.45) is 11.8 Å². The predicted octanol–water partition coefficient (Wildman–Crippen LogP) is 7.31. The van der Waals surface area contributed by atoms with Crippen LogP contribution in [-0.4, -0.2) is 29.1 Å². The average molecular weight is 573 g/mol. The second-order valence-electron chi connectivity index (χ2n) is 12.6. The number of aliphatic carboxylic acids is 1. The number of aromatic nitrogens is 1. The zero-order chi connectivity index (χ0) is 29.3. The zero-order valence-electron chi connectivity index (χ0n) is 24.1. The van der Waals surface area contributed by atoms with Gasteiger partial charge < -0.3 is 14.7 Å². The number of carboxylic acids is 1. The molecule has 5 nitrogen and oxygen atoms in total. The fourth-order valence-electron chi connectivity index (χ4n) is 7.87. The number of allylic oxidation sites excluding steroid dienone is 1.